The van der Waals surface area contributed by atoms with Gasteiger partial charge in [0, 0.05) is 23.0 Å². The van der Waals surface area contributed by atoms with Gasteiger partial charge in [-0.15, -0.1) is 11.3 Å². The van der Waals surface area contributed by atoms with E-state index in [-0.39, 0.29) is 15.6 Å². The van der Waals surface area contributed by atoms with Crippen LogP contribution in [0.5, 0.6) is 5.75 Å². The van der Waals surface area contributed by atoms with Crippen molar-refractivity contribution in [3.63, 3.8) is 0 Å². The first-order valence-corrected chi connectivity index (χ1v) is 10.1. The van der Waals surface area contributed by atoms with Crippen molar-refractivity contribution in [1.82, 2.24) is 0 Å². The quantitative estimate of drug-likeness (QED) is 0.649. The van der Waals surface area contributed by atoms with Gasteiger partial charge in [-0.1, -0.05) is 6.07 Å². The van der Waals surface area contributed by atoms with Crippen LogP contribution < -0.4 is 14.8 Å². The monoisotopic (exact) mass is 406 g/mol. The Labute approximate surface area is 159 Å². The lowest BCUT2D eigenvalue weighted by Crippen LogP contribution is -2.13. The summed E-state index contributed by atoms with van der Waals surface area (Å²) in [6.07, 6.45) is 0. The molecule has 0 saturated heterocycles. The molecule has 0 aliphatic heterocycles. The SMILES string of the molecule is COc1ccc(NC(=O)c2ccc(NS(=O)(=O)c3cccs3)cc2)cc1F. The molecule has 3 aromatic rings. The number of ether oxygens (including phenoxy) is 1. The normalized spacial score (nSPS) is 11.0. The molecule has 0 fully saturated rings. The minimum absolute atomic E-state index is 0.0791. The molecule has 0 aliphatic rings. The number of sulfonamides is 1. The number of methoxy groups -OCH3 is 1. The molecule has 0 radical (unpaired) electrons. The van der Waals surface area contributed by atoms with Gasteiger partial charge in [-0.3, -0.25) is 9.52 Å². The summed E-state index contributed by atoms with van der Waals surface area (Å²) >= 11 is 1.11. The summed E-state index contributed by atoms with van der Waals surface area (Å²) in [6.45, 7) is 0. The minimum atomic E-state index is -3.65. The Morgan fingerprint density at radius 3 is 2.37 bits per heavy atom. The van der Waals surface area contributed by atoms with Gasteiger partial charge in [0.1, 0.15) is 4.21 Å². The lowest BCUT2D eigenvalue weighted by atomic mass is 10.2. The summed E-state index contributed by atoms with van der Waals surface area (Å²) in [5.74, 6) is -0.962. The van der Waals surface area contributed by atoms with Crippen LogP contribution in [-0.2, 0) is 10.0 Å². The second-order valence-corrected chi connectivity index (χ2v) is 8.28. The van der Waals surface area contributed by atoms with Crippen LogP contribution >= 0.6 is 11.3 Å². The Balaban J connectivity index is 1.69. The van der Waals surface area contributed by atoms with E-state index < -0.39 is 21.7 Å². The number of rotatable bonds is 6. The summed E-state index contributed by atoms with van der Waals surface area (Å²) in [5, 5.41) is 4.24. The van der Waals surface area contributed by atoms with Crippen molar-refractivity contribution in [2.24, 2.45) is 0 Å². The first-order valence-electron chi connectivity index (χ1n) is 7.70. The van der Waals surface area contributed by atoms with Crippen molar-refractivity contribution < 1.29 is 22.3 Å². The second kappa shape index (κ2) is 7.77. The average Bonchev–Trinajstić information content (AvgIpc) is 3.18. The van der Waals surface area contributed by atoms with Crippen LogP contribution in [0.1, 0.15) is 10.4 Å². The first-order chi connectivity index (χ1) is 12.9. The molecule has 6 nitrogen and oxygen atoms in total. The van der Waals surface area contributed by atoms with E-state index in [0.717, 1.165) is 17.4 Å². The highest BCUT2D eigenvalue weighted by molar-refractivity contribution is 7.94. The van der Waals surface area contributed by atoms with Gasteiger partial charge in [-0.2, -0.15) is 0 Å². The number of hydrogen-bond acceptors (Lipinski definition) is 5. The summed E-state index contributed by atoms with van der Waals surface area (Å²) < 4.78 is 45.5. The van der Waals surface area contributed by atoms with E-state index in [1.807, 2.05) is 0 Å². The number of halogens is 1. The lowest BCUT2D eigenvalue weighted by Gasteiger charge is -2.09. The molecule has 0 saturated carbocycles. The molecule has 0 atom stereocenters. The second-order valence-electron chi connectivity index (χ2n) is 5.42. The Morgan fingerprint density at radius 2 is 1.78 bits per heavy atom. The molecule has 0 aliphatic carbocycles. The fourth-order valence-corrected chi connectivity index (χ4v) is 4.31. The molecule has 0 unspecified atom stereocenters. The lowest BCUT2D eigenvalue weighted by molar-refractivity contribution is 0.102. The smallest absolute Gasteiger partial charge is 0.271 e. The molecule has 1 heterocycles. The maximum atomic E-state index is 13.7. The molecular formula is C18H15FN2O4S2. The van der Waals surface area contributed by atoms with Gasteiger partial charge in [0.25, 0.3) is 15.9 Å². The highest BCUT2D eigenvalue weighted by Crippen LogP contribution is 2.22. The molecule has 9 heteroatoms. The van der Waals surface area contributed by atoms with Gasteiger partial charge in [0.2, 0.25) is 0 Å². The maximum absolute atomic E-state index is 13.7. The van der Waals surface area contributed by atoms with E-state index in [9.17, 15) is 17.6 Å². The van der Waals surface area contributed by atoms with Gasteiger partial charge in [0.15, 0.2) is 11.6 Å². The minimum Gasteiger partial charge on any atom is -0.494 e. The predicted molar refractivity (Wildman–Crippen MR) is 102 cm³/mol. The Bertz CT molecular complexity index is 1050. The third-order valence-electron chi connectivity index (χ3n) is 3.57. The topological polar surface area (TPSA) is 84.5 Å². The number of amides is 1. The number of benzene rings is 2. The molecule has 1 aromatic heterocycles. The van der Waals surface area contributed by atoms with Gasteiger partial charge in [-0.05, 0) is 47.8 Å². The van der Waals surface area contributed by atoms with Crippen LogP contribution in [0.4, 0.5) is 15.8 Å². The van der Waals surface area contributed by atoms with Crippen molar-refractivity contribution in [1.29, 1.82) is 0 Å². The van der Waals surface area contributed by atoms with Crippen molar-refractivity contribution in [2.45, 2.75) is 4.21 Å². The molecule has 0 bridgehead atoms. The number of hydrogen-bond donors (Lipinski definition) is 2. The zero-order valence-electron chi connectivity index (χ0n) is 14.1. The fraction of sp³-hybridized carbons (Fsp3) is 0.0556. The molecule has 140 valence electrons. The highest BCUT2D eigenvalue weighted by atomic mass is 32.2. The molecule has 1 amide bonds. The van der Waals surface area contributed by atoms with Crippen LogP contribution in [0.15, 0.2) is 64.2 Å². The summed E-state index contributed by atoms with van der Waals surface area (Å²) in [4.78, 5) is 12.3. The first kappa shape index (κ1) is 18.9. The number of thiophene rings is 1. The van der Waals surface area contributed by atoms with E-state index in [1.54, 1.807) is 11.4 Å². The fourth-order valence-electron chi connectivity index (χ4n) is 2.26. The maximum Gasteiger partial charge on any atom is 0.271 e. The average molecular weight is 406 g/mol. The largest absolute Gasteiger partial charge is 0.494 e. The van der Waals surface area contributed by atoms with Gasteiger partial charge in [-0.25, -0.2) is 12.8 Å². The Kier molecular flexibility index (Phi) is 5.43. The molecule has 2 aromatic carbocycles. The van der Waals surface area contributed by atoms with Crippen molar-refractivity contribution in [3.8, 4) is 5.75 Å². The van der Waals surface area contributed by atoms with E-state index in [2.05, 4.69) is 10.0 Å². The molecule has 3 rings (SSSR count). The number of carbonyl (C=O) groups excluding carboxylic acids is 1. The zero-order valence-corrected chi connectivity index (χ0v) is 15.7. The number of nitrogens with one attached hydrogen (secondary N) is 2. The highest BCUT2D eigenvalue weighted by Gasteiger charge is 2.15. The van der Waals surface area contributed by atoms with Crippen LogP contribution in [0.25, 0.3) is 0 Å². The number of anilines is 2. The Hall–Kier alpha value is -2.91. The van der Waals surface area contributed by atoms with E-state index in [4.69, 9.17) is 4.74 Å². The molecular weight excluding hydrogens is 391 g/mol. The van der Waals surface area contributed by atoms with Crippen LogP contribution in [0, 0.1) is 5.82 Å². The molecule has 27 heavy (non-hydrogen) atoms. The predicted octanol–water partition coefficient (Wildman–Crippen LogP) is 3.95. The van der Waals surface area contributed by atoms with Crippen LogP contribution in [0.3, 0.4) is 0 Å². The Morgan fingerprint density at radius 1 is 1.07 bits per heavy atom. The van der Waals surface area contributed by atoms with Crippen molar-refractivity contribution in [2.75, 3.05) is 17.1 Å². The van der Waals surface area contributed by atoms with Crippen molar-refractivity contribution in [3.05, 3.63) is 71.4 Å². The summed E-state index contributed by atoms with van der Waals surface area (Å²) in [7, 11) is -2.30. The summed E-state index contributed by atoms with van der Waals surface area (Å²) in [6, 6.07) is 13.1. The van der Waals surface area contributed by atoms with Gasteiger partial charge < -0.3 is 10.1 Å². The van der Waals surface area contributed by atoms with Crippen molar-refractivity contribution >= 4 is 38.6 Å². The van der Waals surface area contributed by atoms with E-state index in [0.29, 0.717) is 11.3 Å². The number of carbonyl (C=O) groups is 1. The third kappa shape index (κ3) is 4.44. The van der Waals surface area contributed by atoms with Crippen LogP contribution in [0.2, 0.25) is 0 Å². The van der Waals surface area contributed by atoms with Gasteiger partial charge >= 0.3 is 0 Å². The zero-order chi connectivity index (χ0) is 19.4. The van der Waals surface area contributed by atoms with Gasteiger partial charge in [0.05, 0.1) is 7.11 Å². The molecule has 0 spiro atoms. The standard InChI is InChI=1S/C18H15FN2O4S2/c1-25-16-9-8-14(11-15(16)19)20-18(22)12-4-6-13(7-5-12)21-27(23,24)17-3-2-10-26-17/h2-11,21H,1H3,(H,20,22). The van der Waals surface area contributed by atoms with E-state index in [1.165, 1.54) is 49.6 Å². The summed E-state index contributed by atoms with van der Waals surface area (Å²) in [5.41, 5.74) is 0.904. The molecule has 2 N–H and O–H groups in total. The third-order valence-corrected chi connectivity index (χ3v) is 6.35. The van der Waals surface area contributed by atoms with E-state index >= 15 is 0 Å². The van der Waals surface area contributed by atoms with Crippen LogP contribution in [-0.4, -0.2) is 21.4 Å².